The van der Waals surface area contributed by atoms with Gasteiger partial charge in [0.1, 0.15) is 0 Å². The Morgan fingerprint density at radius 3 is 2.58 bits per heavy atom. The molecular formula is C9H16ClNS. The fourth-order valence-corrected chi connectivity index (χ4v) is 1.85. The molecule has 0 aliphatic heterocycles. The fraction of sp³-hybridized carbons (Fsp3) is 0.556. The van der Waals surface area contributed by atoms with E-state index >= 15 is 0 Å². The van der Waals surface area contributed by atoms with Gasteiger partial charge in [0.15, 0.2) is 0 Å². The molecule has 2 N–H and O–H groups in total. The fourth-order valence-electron chi connectivity index (χ4n) is 1.13. The van der Waals surface area contributed by atoms with Crippen LogP contribution in [-0.2, 0) is 0 Å². The lowest BCUT2D eigenvalue weighted by atomic mass is 10.0. The van der Waals surface area contributed by atoms with E-state index in [1.807, 2.05) is 0 Å². The minimum atomic E-state index is 0. The van der Waals surface area contributed by atoms with Crippen LogP contribution in [0.25, 0.3) is 0 Å². The predicted octanol–water partition coefficient (Wildman–Crippen LogP) is 3.22. The first kappa shape index (κ1) is 11.9. The minimum absolute atomic E-state index is 0. The Morgan fingerprint density at radius 2 is 2.17 bits per heavy atom. The standard InChI is InChI=1S/C9H15NS.ClH/c1-7(2)5-9(10)8-3-4-11-6-8;/h3-4,6-7,9H,5,10H2,1-2H3;1H/t9-;/m1./s1. The molecule has 1 nitrogen and oxygen atoms in total. The van der Waals surface area contributed by atoms with Gasteiger partial charge < -0.3 is 5.73 Å². The molecule has 0 aliphatic rings. The lowest BCUT2D eigenvalue weighted by molar-refractivity contribution is 0.511. The first-order valence-electron chi connectivity index (χ1n) is 3.98. The van der Waals surface area contributed by atoms with E-state index in [1.54, 1.807) is 11.3 Å². The van der Waals surface area contributed by atoms with E-state index < -0.39 is 0 Å². The summed E-state index contributed by atoms with van der Waals surface area (Å²) in [6.45, 7) is 4.40. The normalized spacial score (nSPS) is 12.7. The van der Waals surface area contributed by atoms with Gasteiger partial charge in [-0.2, -0.15) is 11.3 Å². The van der Waals surface area contributed by atoms with Crippen LogP contribution in [0.4, 0.5) is 0 Å². The lowest BCUT2D eigenvalue weighted by Crippen LogP contribution is -2.11. The van der Waals surface area contributed by atoms with Crippen LogP contribution in [0.3, 0.4) is 0 Å². The number of hydrogen-bond donors (Lipinski definition) is 1. The Kier molecular flexibility index (Phi) is 5.55. The average molecular weight is 206 g/mol. The van der Waals surface area contributed by atoms with Gasteiger partial charge in [0.2, 0.25) is 0 Å². The zero-order valence-electron chi connectivity index (χ0n) is 7.49. The SMILES string of the molecule is CC(C)C[C@@H](N)c1ccsc1.Cl. The molecule has 0 saturated carbocycles. The zero-order valence-corrected chi connectivity index (χ0v) is 9.12. The van der Waals surface area contributed by atoms with Crippen molar-refractivity contribution >= 4 is 23.7 Å². The Hall–Kier alpha value is -0.0500. The van der Waals surface area contributed by atoms with Crippen molar-refractivity contribution in [1.29, 1.82) is 0 Å². The molecule has 0 amide bonds. The molecule has 0 fully saturated rings. The molecule has 1 rings (SSSR count). The van der Waals surface area contributed by atoms with Crippen molar-refractivity contribution in [3.05, 3.63) is 22.4 Å². The summed E-state index contributed by atoms with van der Waals surface area (Å²) in [4.78, 5) is 0. The van der Waals surface area contributed by atoms with Gasteiger partial charge in [-0.3, -0.25) is 0 Å². The maximum absolute atomic E-state index is 5.95. The van der Waals surface area contributed by atoms with E-state index in [9.17, 15) is 0 Å². The van der Waals surface area contributed by atoms with E-state index in [4.69, 9.17) is 5.73 Å². The molecule has 70 valence electrons. The van der Waals surface area contributed by atoms with E-state index in [0.717, 1.165) is 6.42 Å². The summed E-state index contributed by atoms with van der Waals surface area (Å²) in [7, 11) is 0. The van der Waals surface area contributed by atoms with Gasteiger partial charge in [-0.1, -0.05) is 13.8 Å². The van der Waals surface area contributed by atoms with Crippen molar-refractivity contribution in [1.82, 2.24) is 0 Å². The highest BCUT2D eigenvalue weighted by molar-refractivity contribution is 7.07. The van der Waals surface area contributed by atoms with Gasteiger partial charge in [-0.15, -0.1) is 12.4 Å². The smallest absolute Gasteiger partial charge is 0.0305 e. The first-order chi connectivity index (χ1) is 5.20. The molecule has 1 aromatic heterocycles. The summed E-state index contributed by atoms with van der Waals surface area (Å²) in [5, 5.41) is 4.21. The Morgan fingerprint density at radius 1 is 1.50 bits per heavy atom. The van der Waals surface area contributed by atoms with Crippen molar-refractivity contribution in [2.24, 2.45) is 11.7 Å². The van der Waals surface area contributed by atoms with Crippen LogP contribution in [-0.4, -0.2) is 0 Å². The highest BCUT2D eigenvalue weighted by atomic mass is 35.5. The molecule has 0 bridgehead atoms. The molecule has 12 heavy (non-hydrogen) atoms. The number of rotatable bonds is 3. The second-order valence-corrected chi connectivity index (χ2v) is 4.07. The van der Waals surface area contributed by atoms with Gasteiger partial charge >= 0.3 is 0 Å². The first-order valence-corrected chi connectivity index (χ1v) is 4.92. The molecule has 0 aliphatic carbocycles. The quantitative estimate of drug-likeness (QED) is 0.806. The zero-order chi connectivity index (χ0) is 8.27. The molecule has 3 heteroatoms. The molecule has 1 aromatic rings. The second-order valence-electron chi connectivity index (χ2n) is 3.29. The summed E-state index contributed by atoms with van der Waals surface area (Å²) in [6, 6.07) is 2.35. The number of halogens is 1. The summed E-state index contributed by atoms with van der Waals surface area (Å²) in [6.07, 6.45) is 1.08. The summed E-state index contributed by atoms with van der Waals surface area (Å²) < 4.78 is 0. The van der Waals surface area contributed by atoms with Crippen LogP contribution in [0.5, 0.6) is 0 Å². The van der Waals surface area contributed by atoms with Crippen LogP contribution >= 0.6 is 23.7 Å². The second kappa shape index (κ2) is 5.57. The molecule has 0 radical (unpaired) electrons. The topological polar surface area (TPSA) is 26.0 Å². The summed E-state index contributed by atoms with van der Waals surface area (Å²) in [5.74, 6) is 0.685. The molecular weight excluding hydrogens is 190 g/mol. The largest absolute Gasteiger partial charge is 0.324 e. The van der Waals surface area contributed by atoms with E-state index in [2.05, 4.69) is 30.7 Å². The van der Waals surface area contributed by atoms with Crippen LogP contribution in [0, 0.1) is 5.92 Å². The Bertz CT molecular complexity index is 196. The number of nitrogens with two attached hydrogens (primary N) is 1. The van der Waals surface area contributed by atoms with Gasteiger partial charge in [0.25, 0.3) is 0 Å². The molecule has 1 atom stereocenters. The molecule has 0 spiro atoms. The highest BCUT2D eigenvalue weighted by Gasteiger charge is 2.07. The van der Waals surface area contributed by atoms with Crippen molar-refractivity contribution in [2.75, 3.05) is 0 Å². The van der Waals surface area contributed by atoms with Crippen LogP contribution < -0.4 is 5.73 Å². The third-order valence-electron chi connectivity index (χ3n) is 1.70. The van der Waals surface area contributed by atoms with Gasteiger partial charge in [-0.25, -0.2) is 0 Å². The van der Waals surface area contributed by atoms with Gasteiger partial charge in [0.05, 0.1) is 0 Å². The van der Waals surface area contributed by atoms with Gasteiger partial charge in [0, 0.05) is 6.04 Å². The molecule has 1 heterocycles. The van der Waals surface area contributed by atoms with Crippen LogP contribution in [0.1, 0.15) is 31.9 Å². The van der Waals surface area contributed by atoms with E-state index in [-0.39, 0.29) is 18.4 Å². The number of hydrogen-bond acceptors (Lipinski definition) is 2. The Balaban J connectivity index is 0.00000121. The van der Waals surface area contributed by atoms with E-state index in [1.165, 1.54) is 5.56 Å². The van der Waals surface area contributed by atoms with E-state index in [0.29, 0.717) is 5.92 Å². The highest BCUT2D eigenvalue weighted by Crippen LogP contribution is 2.20. The monoisotopic (exact) mass is 205 g/mol. The third-order valence-corrected chi connectivity index (χ3v) is 2.40. The number of thiophene rings is 1. The third kappa shape index (κ3) is 3.57. The van der Waals surface area contributed by atoms with Gasteiger partial charge in [-0.05, 0) is 34.7 Å². The summed E-state index contributed by atoms with van der Waals surface area (Å²) in [5.41, 5.74) is 7.23. The predicted molar refractivity (Wildman–Crippen MR) is 58.0 cm³/mol. The maximum atomic E-state index is 5.95. The lowest BCUT2D eigenvalue weighted by Gasteiger charge is -2.11. The van der Waals surface area contributed by atoms with Crippen molar-refractivity contribution in [3.63, 3.8) is 0 Å². The van der Waals surface area contributed by atoms with Crippen LogP contribution in [0.2, 0.25) is 0 Å². The van der Waals surface area contributed by atoms with Crippen molar-refractivity contribution in [3.8, 4) is 0 Å². The van der Waals surface area contributed by atoms with Crippen molar-refractivity contribution < 1.29 is 0 Å². The Labute approximate surface area is 84.4 Å². The minimum Gasteiger partial charge on any atom is -0.324 e. The molecule has 0 aromatic carbocycles. The summed E-state index contributed by atoms with van der Waals surface area (Å²) >= 11 is 1.72. The maximum Gasteiger partial charge on any atom is 0.0305 e. The van der Waals surface area contributed by atoms with Crippen LogP contribution in [0.15, 0.2) is 16.8 Å². The average Bonchev–Trinajstić information content (AvgIpc) is 2.35. The van der Waals surface area contributed by atoms with Crippen molar-refractivity contribution in [2.45, 2.75) is 26.3 Å². The molecule has 0 unspecified atom stereocenters. The molecule has 0 saturated heterocycles.